The Kier molecular flexibility index (Phi) is 2.91. The Morgan fingerprint density at radius 2 is 1.61 bits per heavy atom. The highest BCUT2D eigenvalue weighted by Gasteiger charge is 2.53. The largest absolute Gasteiger partial charge is 0.393 e. The molecule has 4 rings (SSSR count). The standard InChI is InChI=1S/C17H14O6/c1-7-2-3-8-9(11-6-13(18)22-15(11)19)5-12-14(10(8)4-7)17(21)23-16(12)20/h2-4,9,11-12,14H,5-6H2,1H3. The van der Waals surface area contributed by atoms with E-state index in [1.165, 1.54) is 0 Å². The van der Waals surface area contributed by atoms with Crippen LogP contribution in [0, 0.1) is 18.8 Å². The third-order valence-electron chi connectivity index (χ3n) is 5.03. The highest BCUT2D eigenvalue weighted by Crippen LogP contribution is 2.51. The van der Waals surface area contributed by atoms with Crippen molar-refractivity contribution in [3.05, 3.63) is 34.9 Å². The summed E-state index contributed by atoms with van der Waals surface area (Å²) in [4.78, 5) is 47.4. The fraction of sp³-hybridized carbons (Fsp3) is 0.412. The average Bonchev–Trinajstić information content (AvgIpc) is 2.97. The second kappa shape index (κ2) is 4.75. The molecular weight excluding hydrogens is 300 g/mol. The van der Waals surface area contributed by atoms with Crippen LogP contribution in [0.2, 0.25) is 0 Å². The van der Waals surface area contributed by atoms with Crippen molar-refractivity contribution >= 4 is 23.9 Å². The molecule has 0 N–H and O–H groups in total. The number of hydrogen-bond acceptors (Lipinski definition) is 6. The summed E-state index contributed by atoms with van der Waals surface area (Å²) in [5, 5.41) is 0. The van der Waals surface area contributed by atoms with Gasteiger partial charge < -0.3 is 9.47 Å². The van der Waals surface area contributed by atoms with Gasteiger partial charge in [-0.25, -0.2) is 0 Å². The van der Waals surface area contributed by atoms with E-state index >= 15 is 0 Å². The molecule has 2 heterocycles. The lowest BCUT2D eigenvalue weighted by Gasteiger charge is -2.33. The summed E-state index contributed by atoms with van der Waals surface area (Å²) in [5.74, 6) is -4.29. The van der Waals surface area contributed by atoms with E-state index in [1.54, 1.807) is 0 Å². The molecule has 4 unspecified atom stereocenters. The van der Waals surface area contributed by atoms with E-state index in [2.05, 4.69) is 4.74 Å². The normalized spacial score (nSPS) is 32.4. The lowest BCUT2D eigenvalue weighted by molar-refractivity contribution is -0.155. The van der Waals surface area contributed by atoms with Crippen molar-refractivity contribution in [3.8, 4) is 0 Å². The third-order valence-corrected chi connectivity index (χ3v) is 5.03. The minimum Gasteiger partial charge on any atom is -0.393 e. The summed E-state index contributed by atoms with van der Waals surface area (Å²) in [6.45, 7) is 1.90. The van der Waals surface area contributed by atoms with E-state index in [4.69, 9.17) is 4.74 Å². The van der Waals surface area contributed by atoms with Crippen LogP contribution in [0.5, 0.6) is 0 Å². The molecule has 118 valence electrons. The second-order valence-corrected chi connectivity index (χ2v) is 6.40. The zero-order valence-electron chi connectivity index (χ0n) is 12.4. The van der Waals surface area contributed by atoms with Gasteiger partial charge in [0.15, 0.2) is 0 Å². The molecule has 23 heavy (non-hydrogen) atoms. The van der Waals surface area contributed by atoms with Crippen molar-refractivity contribution < 1.29 is 28.7 Å². The van der Waals surface area contributed by atoms with Gasteiger partial charge >= 0.3 is 23.9 Å². The molecule has 6 heteroatoms. The fourth-order valence-electron chi connectivity index (χ4n) is 4.00. The van der Waals surface area contributed by atoms with Crippen LogP contribution >= 0.6 is 0 Å². The summed E-state index contributed by atoms with van der Waals surface area (Å²) in [7, 11) is 0. The van der Waals surface area contributed by atoms with Gasteiger partial charge in [0, 0.05) is 0 Å². The van der Waals surface area contributed by atoms with Crippen LogP contribution in [0.4, 0.5) is 0 Å². The van der Waals surface area contributed by atoms with Crippen LogP contribution in [0.25, 0.3) is 0 Å². The Morgan fingerprint density at radius 3 is 2.30 bits per heavy atom. The maximum absolute atomic E-state index is 12.0. The highest BCUT2D eigenvalue weighted by molar-refractivity contribution is 6.01. The van der Waals surface area contributed by atoms with E-state index in [0.29, 0.717) is 6.42 Å². The van der Waals surface area contributed by atoms with E-state index in [0.717, 1.165) is 16.7 Å². The molecule has 0 amide bonds. The maximum Gasteiger partial charge on any atom is 0.321 e. The monoisotopic (exact) mass is 314 g/mol. The minimum absolute atomic E-state index is 0.0111. The van der Waals surface area contributed by atoms with Crippen LogP contribution in [0.3, 0.4) is 0 Å². The minimum atomic E-state index is -0.609. The molecule has 0 bridgehead atoms. The summed E-state index contributed by atoms with van der Waals surface area (Å²) in [5.41, 5.74) is 2.52. The molecule has 0 saturated carbocycles. The first-order chi connectivity index (χ1) is 11.0. The maximum atomic E-state index is 12.0. The molecule has 2 aliphatic heterocycles. The first-order valence-electron chi connectivity index (χ1n) is 7.56. The number of fused-ring (bicyclic) bond motifs is 3. The van der Waals surface area contributed by atoms with E-state index in [9.17, 15) is 19.2 Å². The van der Waals surface area contributed by atoms with Gasteiger partial charge in [0.05, 0.1) is 24.2 Å². The highest BCUT2D eigenvalue weighted by atomic mass is 16.6. The van der Waals surface area contributed by atoms with Crippen molar-refractivity contribution in [1.29, 1.82) is 0 Å². The molecular formula is C17H14O6. The Bertz CT molecular complexity index is 764. The van der Waals surface area contributed by atoms with Crippen molar-refractivity contribution in [2.45, 2.75) is 31.6 Å². The summed E-state index contributed by atoms with van der Waals surface area (Å²) < 4.78 is 9.47. The lowest BCUT2D eigenvalue weighted by atomic mass is 9.67. The van der Waals surface area contributed by atoms with E-state index < -0.39 is 41.6 Å². The molecule has 1 aromatic rings. The molecule has 2 fully saturated rings. The molecule has 6 nitrogen and oxygen atoms in total. The van der Waals surface area contributed by atoms with Crippen LogP contribution in [0.15, 0.2) is 18.2 Å². The van der Waals surface area contributed by atoms with Crippen LogP contribution in [0.1, 0.15) is 41.4 Å². The predicted molar refractivity (Wildman–Crippen MR) is 75.1 cm³/mol. The summed E-state index contributed by atoms with van der Waals surface area (Å²) in [6, 6.07) is 5.63. The van der Waals surface area contributed by atoms with Crippen molar-refractivity contribution in [3.63, 3.8) is 0 Å². The smallest absolute Gasteiger partial charge is 0.321 e. The molecule has 0 spiro atoms. The Balaban J connectivity index is 1.83. The third kappa shape index (κ3) is 2.01. The molecule has 0 radical (unpaired) electrons. The van der Waals surface area contributed by atoms with Gasteiger partial charge in [-0.1, -0.05) is 23.8 Å². The number of aryl methyl sites for hydroxylation is 1. The first kappa shape index (κ1) is 14.1. The van der Waals surface area contributed by atoms with Crippen LogP contribution in [-0.2, 0) is 28.7 Å². The number of rotatable bonds is 1. The Morgan fingerprint density at radius 1 is 0.870 bits per heavy atom. The number of benzene rings is 1. The lowest BCUT2D eigenvalue weighted by Crippen LogP contribution is -2.31. The number of cyclic esters (lactones) is 4. The van der Waals surface area contributed by atoms with Gasteiger partial charge in [0.2, 0.25) is 0 Å². The van der Waals surface area contributed by atoms with Crippen molar-refractivity contribution in [2.75, 3.05) is 0 Å². The zero-order valence-corrected chi connectivity index (χ0v) is 12.4. The summed E-state index contributed by atoms with van der Waals surface area (Å²) >= 11 is 0. The molecule has 3 aliphatic rings. The van der Waals surface area contributed by atoms with Gasteiger partial charge in [-0.3, -0.25) is 19.2 Å². The summed E-state index contributed by atoms with van der Waals surface area (Å²) in [6.07, 6.45) is 0.329. The van der Waals surface area contributed by atoms with Crippen LogP contribution < -0.4 is 0 Å². The molecule has 1 aliphatic carbocycles. The van der Waals surface area contributed by atoms with Gasteiger partial charge in [-0.05, 0) is 30.4 Å². The first-order valence-corrected chi connectivity index (χ1v) is 7.56. The second-order valence-electron chi connectivity index (χ2n) is 6.40. The quantitative estimate of drug-likeness (QED) is 0.574. The number of carbonyl (C=O) groups is 4. The SMILES string of the molecule is Cc1ccc2c(c1)C1C(=O)OC(=O)C1CC2C1CC(=O)OC1=O. The van der Waals surface area contributed by atoms with Gasteiger partial charge in [-0.2, -0.15) is 0 Å². The van der Waals surface area contributed by atoms with Crippen molar-refractivity contribution in [1.82, 2.24) is 0 Å². The molecule has 1 aromatic carbocycles. The van der Waals surface area contributed by atoms with Crippen LogP contribution in [-0.4, -0.2) is 23.9 Å². The van der Waals surface area contributed by atoms with Gasteiger partial charge in [0.25, 0.3) is 0 Å². The Labute approximate surface area is 131 Å². The predicted octanol–water partition coefficient (Wildman–Crippen LogP) is 1.36. The van der Waals surface area contributed by atoms with Gasteiger partial charge in [-0.15, -0.1) is 0 Å². The van der Waals surface area contributed by atoms with E-state index in [1.807, 2.05) is 25.1 Å². The number of carbonyl (C=O) groups excluding carboxylic acids is 4. The number of ether oxygens (including phenoxy) is 2. The zero-order chi connectivity index (χ0) is 16.3. The molecule has 4 atom stereocenters. The Hall–Kier alpha value is -2.50. The van der Waals surface area contributed by atoms with Crippen molar-refractivity contribution in [2.24, 2.45) is 11.8 Å². The number of hydrogen-bond donors (Lipinski definition) is 0. The van der Waals surface area contributed by atoms with E-state index in [-0.39, 0.29) is 12.3 Å². The molecule has 2 saturated heterocycles. The fourth-order valence-corrected chi connectivity index (χ4v) is 4.00. The van der Waals surface area contributed by atoms with Gasteiger partial charge in [0.1, 0.15) is 0 Å². The topological polar surface area (TPSA) is 86.7 Å². The average molecular weight is 314 g/mol. The molecule has 0 aromatic heterocycles. The number of esters is 4.